The van der Waals surface area contributed by atoms with Gasteiger partial charge in [0.05, 0.1) is 25.4 Å². The summed E-state index contributed by atoms with van der Waals surface area (Å²) in [7, 11) is 0. The van der Waals surface area contributed by atoms with E-state index >= 15 is 0 Å². The predicted octanol–water partition coefficient (Wildman–Crippen LogP) is -7.55. The van der Waals surface area contributed by atoms with Crippen molar-refractivity contribution in [1.82, 2.24) is 5.32 Å². The molecular formula is C26H45NO19. The third-order valence-electron chi connectivity index (χ3n) is 8.53. The Kier molecular flexibility index (Phi) is 12.7. The third kappa shape index (κ3) is 7.64. The third-order valence-corrected chi connectivity index (χ3v) is 8.53. The first-order chi connectivity index (χ1) is 21.6. The predicted molar refractivity (Wildman–Crippen MR) is 143 cm³/mol. The van der Waals surface area contributed by atoms with Gasteiger partial charge in [-0.3, -0.25) is 4.79 Å². The zero-order chi connectivity index (χ0) is 34.2. The van der Waals surface area contributed by atoms with Gasteiger partial charge in [-0.15, -0.1) is 0 Å². The van der Waals surface area contributed by atoms with Crippen LogP contribution in [0.25, 0.3) is 0 Å². The molecule has 4 saturated heterocycles. The van der Waals surface area contributed by atoms with E-state index in [4.69, 9.17) is 33.2 Å². The van der Waals surface area contributed by atoms with Crippen molar-refractivity contribution in [3.8, 4) is 0 Å². The lowest BCUT2D eigenvalue weighted by Crippen LogP contribution is -2.69. The lowest BCUT2D eigenvalue weighted by molar-refractivity contribution is -0.400. The zero-order valence-corrected chi connectivity index (χ0v) is 25.1. The van der Waals surface area contributed by atoms with Crippen LogP contribution in [0.2, 0.25) is 0 Å². The number of aliphatic hydroxyl groups is 11. The maximum Gasteiger partial charge on any atom is 0.217 e. The highest BCUT2D eigenvalue weighted by atomic mass is 16.8. The summed E-state index contributed by atoms with van der Waals surface area (Å²) >= 11 is 0. The van der Waals surface area contributed by atoms with Crippen LogP contribution in [0.1, 0.15) is 20.8 Å². The fourth-order valence-corrected chi connectivity index (χ4v) is 5.79. The minimum absolute atomic E-state index is 0.694. The maximum atomic E-state index is 12.0. The Bertz CT molecular complexity index is 995. The van der Waals surface area contributed by atoms with Crippen LogP contribution in [0, 0.1) is 0 Å². The maximum absolute atomic E-state index is 12.0. The van der Waals surface area contributed by atoms with Gasteiger partial charge < -0.3 is 94.6 Å². The van der Waals surface area contributed by atoms with Gasteiger partial charge in [0, 0.05) is 6.92 Å². The lowest BCUT2D eigenvalue weighted by atomic mass is 9.95. The van der Waals surface area contributed by atoms with E-state index in [1.165, 1.54) is 13.8 Å². The Hall–Kier alpha value is -1.25. The van der Waals surface area contributed by atoms with Crippen molar-refractivity contribution in [2.45, 2.75) is 144 Å². The Labute approximate surface area is 262 Å². The number of carbonyl (C=O) groups excluding carboxylic acids is 1. The summed E-state index contributed by atoms with van der Waals surface area (Å²) in [5, 5.41) is 117. The highest BCUT2D eigenvalue weighted by Crippen LogP contribution is 2.35. The number of carbonyl (C=O) groups is 1. The van der Waals surface area contributed by atoms with Gasteiger partial charge >= 0.3 is 0 Å². The van der Waals surface area contributed by atoms with Crippen LogP contribution in [0.5, 0.6) is 0 Å². The van der Waals surface area contributed by atoms with E-state index in [0.29, 0.717) is 0 Å². The molecule has 0 aliphatic carbocycles. The van der Waals surface area contributed by atoms with Crippen LogP contribution in [-0.2, 0) is 38.0 Å². The van der Waals surface area contributed by atoms with Crippen molar-refractivity contribution in [3.63, 3.8) is 0 Å². The summed E-state index contributed by atoms with van der Waals surface area (Å²) in [6, 6.07) is -1.52. The summed E-state index contributed by atoms with van der Waals surface area (Å²) in [6.45, 7) is 2.22. The molecule has 20 atom stereocenters. The first-order valence-electron chi connectivity index (χ1n) is 14.8. The van der Waals surface area contributed by atoms with Crippen molar-refractivity contribution in [1.29, 1.82) is 0 Å². The fraction of sp³-hybridized carbons (Fsp3) is 0.962. The smallest absolute Gasteiger partial charge is 0.217 e. The van der Waals surface area contributed by atoms with Crippen molar-refractivity contribution in [3.05, 3.63) is 0 Å². The number of hydrogen-bond acceptors (Lipinski definition) is 19. The van der Waals surface area contributed by atoms with Crippen LogP contribution in [0.3, 0.4) is 0 Å². The molecule has 268 valence electrons. The lowest BCUT2D eigenvalue weighted by Gasteiger charge is -2.50. The van der Waals surface area contributed by atoms with Gasteiger partial charge in [0.25, 0.3) is 0 Å². The molecule has 46 heavy (non-hydrogen) atoms. The molecule has 0 saturated carbocycles. The molecule has 4 rings (SSSR count). The molecule has 4 fully saturated rings. The first kappa shape index (κ1) is 37.6. The summed E-state index contributed by atoms with van der Waals surface area (Å²) in [4.78, 5) is 12.0. The molecule has 0 aromatic rings. The van der Waals surface area contributed by atoms with Gasteiger partial charge in [0.15, 0.2) is 25.2 Å². The highest BCUT2D eigenvalue weighted by molar-refractivity contribution is 5.73. The zero-order valence-electron chi connectivity index (χ0n) is 25.1. The second kappa shape index (κ2) is 15.5. The molecule has 0 aromatic carbocycles. The van der Waals surface area contributed by atoms with Gasteiger partial charge in [0.1, 0.15) is 85.4 Å². The monoisotopic (exact) mass is 675 g/mol. The fourth-order valence-electron chi connectivity index (χ4n) is 5.79. The molecule has 4 aliphatic rings. The van der Waals surface area contributed by atoms with Crippen molar-refractivity contribution < 1.29 is 94.1 Å². The average molecular weight is 676 g/mol. The largest absolute Gasteiger partial charge is 0.394 e. The summed E-state index contributed by atoms with van der Waals surface area (Å²) in [5.74, 6) is -0.694. The van der Waals surface area contributed by atoms with Crippen LogP contribution in [-0.4, -0.2) is 198 Å². The molecule has 0 bridgehead atoms. The van der Waals surface area contributed by atoms with Crippen LogP contribution in [0.4, 0.5) is 0 Å². The molecule has 4 aliphatic heterocycles. The van der Waals surface area contributed by atoms with Gasteiger partial charge in [-0.05, 0) is 13.8 Å². The van der Waals surface area contributed by atoms with E-state index in [0.717, 1.165) is 6.92 Å². The molecule has 0 unspecified atom stereocenters. The molecule has 1 amide bonds. The average Bonchev–Trinajstić information content (AvgIpc) is 3.01. The molecule has 0 aromatic heterocycles. The van der Waals surface area contributed by atoms with Crippen LogP contribution >= 0.6 is 0 Å². The molecule has 4 heterocycles. The van der Waals surface area contributed by atoms with E-state index in [9.17, 15) is 61.0 Å². The number of ether oxygens (including phenoxy) is 7. The van der Waals surface area contributed by atoms with Gasteiger partial charge in [-0.2, -0.15) is 0 Å². The summed E-state index contributed by atoms with van der Waals surface area (Å²) < 4.78 is 39.8. The van der Waals surface area contributed by atoms with Crippen molar-refractivity contribution >= 4 is 5.91 Å². The number of amides is 1. The number of rotatable bonds is 9. The van der Waals surface area contributed by atoms with E-state index in [1.54, 1.807) is 0 Å². The van der Waals surface area contributed by atoms with E-state index in [2.05, 4.69) is 5.32 Å². The number of nitrogens with one attached hydrogen (secondary N) is 1. The number of aliphatic hydroxyl groups excluding tert-OH is 11. The van der Waals surface area contributed by atoms with Crippen molar-refractivity contribution in [2.24, 2.45) is 0 Å². The Balaban J connectivity index is 1.71. The molecule has 0 spiro atoms. The highest BCUT2D eigenvalue weighted by Gasteiger charge is 2.56. The number of hydrogen-bond donors (Lipinski definition) is 12. The van der Waals surface area contributed by atoms with Gasteiger partial charge in [0.2, 0.25) is 5.91 Å². The second-order valence-electron chi connectivity index (χ2n) is 11.8. The van der Waals surface area contributed by atoms with Crippen LogP contribution in [0.15, 0.2) is 0 Å². The summed E-state index contributed by atoms with van der Waals surface area (Å²) in [6.07, 6.45) is -31.4. The van der Waals surface area contributed by atoms with Gasteiger partial charge in [-0.25, -0.2) is 0 Å². The van der Waals surface area contributed by atoms with Crippen LogP contribution < -0.4 is 5.32 Å². The first-order valence-corrected chi connectivity index (χ1v) is 14.8. The van der Waals surface area contributed by atoms with Crippen molar-refractivity contribution in [2.75, 3.05) is 13.2 Å². The Morgan fingerprint density at radius 1 is 0.565 bits per heavy atom. The normalized spacial score (nSPS) is 51.9. The molecule has 0 radical (unpaired) electrons. The summed E-state index contributed by atoms with van der Waals surface area (Å²) in [5.41, 5.74) is 0. The topological polar surface area (TPSA) is 316 Å². The van der Waals surface area contributed by atoms with E-state index < -0.39 is 142 Å². The molecule has 20 heteroatoms. The molecule has 20 nitrogen and oxygen atoms in total. The van der Waals surface area contributed by atoms with Gasteiger partial charge in [-0.1, -0.05) is 0 Å². The molecule has 12 N–H and O–H groups in total. The van der Waals surface area contributed by atoms with E-state index in [-0.39, 0.29) is 0 Å². The Morgan fingerprint density at radius 3 is 1.67 bits per heavy atom. The standard InChI is InChI=1S/C26H45NO19/c1-6-12(31)18(37)21(23(39)40-6)45-26-22(46-24-11(27-8(3)30)16(35)14(33)9(4-28)42-24)20(13(32)7(2)41-26)44-25-19(38)17(36)15(34)10(5-29)43-25/h6-7,9-26,28-29,31-39H,4-5H2,1-3H3,(H,27,30)/t6-,7-,9+,10+,11+,12-,13-,14+,15+,16+,17-,18+,19+,20+,21+,22+,23+,24-,25-,26-/m0/s1. The minimum Gasteiger partial charge on any atom is -0.394 e. The van der Waals surface area contributed by atoms with E-state index in [1.807, 2.05) is 0 Å². The Morgan fingerprint density at radius 2 is 1.09 bits per heavy atom. The minimum atomic E-state index is -1.94. The SMILES string of the molecule is CC(=O)N[C@H]1[C@H](O[C@H]2[C@H](O[C@@H]3[C@H](O)[C@@H](O)[C@H](C)O[C@H]3O)O[C@@H](C)[C@H](O)[C@H]2O[C@@H]2O[C@H](CO)[C@@H](O)[C@H](O)[C@H]2O)O[C@H](CO)[C@@H](O)[C@@H]1O. The molecular weight excluding hydrogens is 630 g/mol. The quantitative estimate of drug-likeness (QED) is 0.108. The second-order valence-corrected chi connectivity index (χ2v) is 11.8.